The van der Waals surface area contributed by atoms with Crippen LogP contribution in [0.1, 0.15) is 39.0 Å². The molecule has 0 saturated carbocycles. The normalized spacial score (nSPS) is 27.9. The van der Waals surface area contributed by atoms with Crippen LogP contribution < -0.4 is 5.32 Å². The highest BCUT2D eigenvalue weighted by atomic mass is 16.2. The largest absolute Gasteiger partial charge is 0.344 e. The molecule has 19 heavy (non-hydrogen) atoms. The van der Waals surface area contributed by atoms with E-state index in [1.54, 1.807) is 0 Å². The van der Waals surface area contributed by atoms with Gasteiger partial charge in [-0.2, -0.15) is 0 Å². The molecule has 2 saturated heterocycles. The standard InChI is InChI=1S/C15H29N3O/c1-3-18-10-4-5-14(18)12-17(2)15(19)7-6-13-8-9-16-11-13/h13-14,16H,3-12H2,1-2H3. The Morgan fingerprint density at radius 2 is 2.26 bits per heavy atom. The van der Waals surface area contributed by atoms with Crippen LogP contribution in [0.25, 0.3) is 0 Å². The molecule has 0 spiro atoms. The van der Waals surface area contributed by atoms with Crippen molar-refractivity contribution in [1.29, 1.82) is 0 Å². The van der Waals surface area contributed by atoms with E-state index in [2.05, 4.69) is 17.1 Å². The predicted octanol–water partition coefficient (Wildman–Crippen LogP) is 1.32. The van der Waals surface area contributed by atoms with E-state index in [1.807, 2.05) is 11.9 Å². The van der Waals surface area contributed by atoms with E-state index in [4.69, 9.17) is 0 Å². The summed E-state index contributed by atoms with van der Waals surface area (Å²) in [6, 6.07) is 0.590. The lowest BCUT2D eigenvalue weighted by Crippen LogP contribution is -2.41. The predicted molar refractivity (Wildman–Crippen MR) is 78.1 cm³/mol. The van der Waals surface area contributed by atoms with Gasteiger partial charge in [0.2, 0.25) is 5.91 Å². The minimum absolute atomic E-state index is 0.329. The number of likely N-dealkylation sites (tertiary alicyclic amines) is 1. The third-order valence-corrected chi connectivity index (χ3v) is 4.74. The molecular formula is C15H29N3O. The van der Waals surface area contributed by atoms with Crippen molar-refractivity contribution in [3.05, 3.63) is 0 Å². The van der Waals surface area contributed by atoms with Crippen LogP contribution >= 0.6 is 0 Å². The molecule has 0 aromatic carbocycles. The van der Waals surface area contributed by atoms with E-state index in [9.17, 15) is 4.79 Å². The Morgan fingerprint density at radius 1 is 1.42 bits per heavy atom. The Balaban J connectivity index is 1.69. The zero-order valence-corrected chi connectivity index (χ0v) is 12.5. The lowest BCUT2D eigenvalue weighted by atomic mass is 10.0. The summed E-state index contributed by atoms with van der Waals surface area (Å²) in [6.07, 6.45) is 5.55. The fourth-order valence-electron chi connectivity index (χ4n) is 3.42. The lowest BCUT2D eigenvalue weighted by Gasteiger charge is -2.28. The molecule has 4 heteroatoms. The topological polar surface area (TPSA) is 35.6 Å². The maximum Gasteiger partial charge on any atom is 0.222 e. The first-order valence-corrected chi connectivity index (χ1v) is 7.89. The second-order valence-electron chi connectivity index (χ2n) is 6.10. The number of rotatable bonds is 6. The number of nitrogens with one attached hydrogen (secondary N) is 1. The molecule has 2 unspecified atom stereocenters. The van der Waals surface area contributed by atoms with Gasteiger partial charge in [0, 0.05) is 26.1 Å². The van der Waals surface area contributed by atoms with Crippen molar-refractivity contribution in [2.75, 3.05) is 39.8 Å². The monoisotopic (exact) mass is 267 g/mol. The first-order valence-electron chi connectivity index (χ1n) is 7.89. The molecule has 0 aromatic rings. The van der Waals surface area contributed by atoms with Crippen LogP contribution in [0.5, 0.6) is 0 Å². The molecule has 0 radical (unpaired) electrons. The van der Waals surface area contributed by atoms with Crippen LogP contribution in [-0.4, -0.2) is 61.5 Å². The van der Waals surface area contributed by atoms with Crippen molar-refractivity contribution >= 4 is 5.91 Å². The zero-order chi connectivity index (χ0) is 13.7. The highest BCUT2D eigenvalue weighted by Gasteiger charge is 2.25. The quantitative estimate of drug-likeness (QED) is 0.788. The van der Waals surface area contributed by atoms with Gasteiger partial charge in [-0.1, -0.05) is 6.92 Å². The van der Waals surface area contributed by atoms with E-state index in [1.165, 1.54) is 25.8 Å². The first kappa shape index (κ1) is 14.8. The van der Waals surface area contributed by atoms with Crippen molar-refractivity contribution in [2.24, 2.45) is 5.92 Å². The lowest BCUT2D eigenvalue weighted by molar-refractivity contribution is -0.130. The van der Waals surface area contributed by atoms with Crippen molar-refractivity contribution in [3.63, 3.8) is 0 Å². The van der Waals surface area contributed by atoms with Crippen LogP contribution in [0.3, 0.4) is 0 Å². The summed E-state index contributed by atoms with van der Waals surface area (Å²) in [5.41, 5.74) is 0. The SMILES string of the molecule is CCN1CCCC1CN(C)C(=O)CCC1CCNC1. The number of carbonyl (C=O) groups is 1. The van der Waals surface area contributed by atoms with Crippen LogP contribution in [0.2, 0.25) is 0 Å². The summed E-state index contributed by atoms with van der Waals surface area (Å²) in [5.74, 6) is 1.05. The van der Waals surface area contributed by atoms with Crippen LogP contribution in [-0.2, 0) is 4.79 Å². The van der Waals surface area contributed by atoms with E-state index < -0.39 is 0 Å². The zero-order valence-electron chi connectivity index (χ0n) is 12.5. The number of likely N-dealkylation sites (N-methyl/N-ethyl adjacent to an activating group) is 2. The maximum absolute atomic E-state index is 12.2. The number of nitrogens with zero attached hydrogens (tertiary/aromatic N) is 2. The molecule has 0 aromatic heterocycles. The molecule has 110 valence electrons. The summed E-state index contributed by atoms with van der Waals surface area (Å²) < 4.78 is 0. The van der Waals surface area contributed by atoms with Crippen molar-refractivity contribution in [2.45, 2.75) is 45.1 Å². The van der Waals surface area contributed by atoms with Crippen LogP contribution in [0, 0.1) is 5.92 Å². The van der Waals surface area contributed by atoms with E-state index >= 15 is 0 Å². The van der Waals surface area contributed by atoms with Crippen molar-refractivity contribution in [1.82, 2.24) is 15.1 Å². The summed E-state index contributed by atoms with van der Waals surface area (Å²) in [6.45, 7) is 7.67. The summed E-state index contributed by atoms with van der Waals surface area (Å²) >= 11 is 0. The summed E-state index contributed by atoms with van der Waals surface area (Å²) in [5, 5.41) is 3.37. The molecule has 2 heterocycles. The second kappa shape index (κ2) is 7.25. The molecule has 2 aliphatic heterocycles. The highest BCUT2D eigenvalue weighted by Crippen LogP contribution is 2.19. The Morgan fingerprint density at radius 3 is 2.95 bits per heavy atom. The molecule has 2 atom stereocenters. The number of amides is 1. The third kappa shape index (κ3) is 4.18. The fraction of sp³-hybridized carbons (Fsp3) is 0.933. The Hall–Kier alpha value is -0.610. The Labute approximate surface area is 117 Å². The summed E-state index contributed by atoms with van der Waals surface area (Å²) in [7, 11) is 1.97. The van der Waals surface area contributed by atoms with Gasteiger partial charge in [0.15, 0.2) is 0 Å². The van der Waals surface area contributed by atoms with Crippen LogP contribution in [0.15, 0.2) is 0 Å². The van der Waals surface area contributed by atoms with Gasteiger partial charge in [-0.3, -0.25) is 9.69 Å². The molecule has 2 fully saturated rings. The molecule has 1 amide bonds. The molecule has 4 nitrogen and oxygen atoms in total. The van der Waals surface area contributed by atoms with Gasteiger partial charge in [0.25, 0.3) is 0 Å². The van der Waals surface area contributed by atoms with Gasteiger partial charge in [0.1, 0.15) is 0 Å². The van der Waals surface area contributed by atoms with Crippen LogP contribution in [0.4, 0.5) is 0 Å². The van der Waals surface area contributed by atoms with Gasteiger partial charge >= 0.3 is 0 Å². The fourth-order valence-corrected chi connectivity index (χ4v) is 3.42. The van der Waals surface area contributed by atoms with Gasteiger partial charge in [-0.05, 0) is 57.8 Å². The molecular weight excluding hydrogens is 238 g/mol. The molecule has 2 rings (SSSR count). The number of hydrogen-bond acceptors (Lipinski definition) is 3. The van der Waals surface area contributed by atoms with Gasteiger partial charge < -0.3 is 10.2 Å². The second-order valence-corrected chi connectivity index (χ2v) is 6.10. The van der Waals surface area contributed by atoms with E-state index in [0.29, 0.717) is 11.9 Å². The average Bonchev–Trinajstić information content (AvgIpc) is 3.06. The minimum Gasteiger partial charge on any atom is -0.344 e. The number of carbonyl (C=O) groups excluding carboxylic acids is 1. The molecule has 0 aliphatic carbocycles. The first-order chi connectivity index (χ1) is 9.20. The third-order valence-electron chi connectivity index (χ3n) is 4.74. The van der Waals surface area contributed by atoms with Gasteiger partial charge in [-0.25, -0.2) is 0 Å². The van der Waals surface area contributed by atoms with E-state index in [-0.39, 0.29) is 0 Å². The minimum atomic E-state index is 0.329. The smallest absolute Gasteiger partial charge is 0.222 e. The molecule has 0 bridgehead atoms. The maximum atomic E-state index is 12.2. The van der Waals surface area contributed by atoms with Crippen molar-refractivity contribution < 1.29 is 4.79 Å². The number of hydrogen-bond donors (Lipinski definition) is 1. The van der Waals surface area contributed by atoms with Gasteiger partial charge in [-0.15, -0.1) is 0 Å². The molecule has 1 N–H and O–H groups in total. The highest BCUT2D eigenvalue weighted by molar-refractivity contribution is 5.75. The Bertz CT molecular complexity index is 289. The van der Waals surface area contributed by atoms with Crippen molar-refractivity contribution in [3.8, 4) is 0 Å². The van der Waals surface area contributed by atoms with E-state index in [0.717, 1.165) is 44.9 Å². The average molecular weight is 267 g/mol. The summed E-state index contributed by atoms with van der Waals surface area (Å²) in [4.78, 5) is 16.6. The Kier molecular flexibility index (Phi) is 5.64. The van der Waals surface area contributed by atoms with Gasteiger partial charge in [0.05, 0.1) is 0 Å². The molecule has 2 aliphatic rings.